The van der Waals surface area contributed by atoms with Crippen molar-refractivity contribution in [3.8, 4) is 0 Å². The van der Waals surface area contributed by atoms with Gasteiger partial charge < -0.3 is 21.3 Å². The molecule has 244 valence electrons. The Hall–Kier alpha value is -3.60. The number of amides is 4. The summed E-state index contributed by atoms with van der Waals surface area (Å²) in [4.78, 5) is 71.5. The number of carbonyl (C=O) groups excluding carboxylic acids is 4. The highest BCUT2D eigenvalue weighted by Gasteiger charge is 2.30. The first kappa shape index (κ1) is 33.8. The number of nitrogens with zero attached hydrogens (tertiary/aromatic N) is 4. The van der Waals surface area contributed by atoms with Crippen LogP contribution in [0.15, 0.2) is 21.5 Å². The van der Waals surface area contributed by atoms with Crippen molar-refractivity contribution in [1.82, 2.24) is 41.2 Å². The first-order valence-electron chi connectivity index (χ1n) is 14.9. The van der Waals surface area contributed by atoms with Gasteiger partial charge in [-0.15, -0.1) is 45.3 Å². The van der Waals surface area contributed by atoms with Crippen LogP contribution in [0.3, 0.4) is 0 Å². The van der Waals surface area contributed by atoms with Crippen LogP contribution in [0.4, 0.5) is 0 Å². The molecule has 4 amide bonds. The standard InChI is InChI=1S/C30H36N8O4S4/c1-12(2)20-28-33-16(9-44-28)23(39)31-15(7)27-32-17(8-43-27)24(40)36-21(13(3)4)29-34-19(10-45-29)26(42)38-22(14(5)6)30-35-18(11-46-30)25(41)37-20/h8-15,20-22H,1-7H3,(H,31,39)(H,36,40)(H,37,41)(H,38,42)/t15-,20-,21-,22-/m0/s1. The fourth-order valence-electron chi connectivity index (χ4n) is 4.71. The average Bonchev–Trinajstić information content (AvgIpc) is 3.82. The zero-order valence-electron chi connectivity index (χ0n) is 26.4. The van der Waals surface area contributed by atoms with Crippen LogP contribution in [-0.2, 0) is 0 Å². The molecule has 5 heterocycles. The highest BCUT2D eigenvalue weighted by atomic mass is 32.1. The minimum Gasteiger partial charge on any atom is -0.342 e. The van der Waals surface area contributed by atoms with Crippen LogP contribution in [0.25, 0.3) is 0 Å². The molecule has 4 N–H and O–H groups in total. The summed E-state index contributed by atoms with van der Waals surface area (Å²) < 4.78 is 0. The van der Waals surface area contributed by atoms with Crippen molar-refractivity contribution in [2.24, 2.45) is 17.8 Å². The molecule has 0 unspecified atom stereocenters. The Kier molecular flexibility index (Phi) is 10.3. The number of fused-ring (bicyclic) bond motifs is 8. The number of aromatic nitrogens is 4. The average molecular weight is 701 g/mol. The third-order valence-electron chi connectivity index (χ3n) is 7.39. The molecule has 12 nitrogen and oxygen atoms in total. The molecule has 0 aromatic carbocycles. The van der Waals surface area contributed by atoms with Crippen LogP contribution < -0.4 is 21.3 Å². The summed E-state index contributed by atoms with van der Waals surface area (Å²) in [7, 11) is 0. The Morgan fingerprint density at radius 1 is 0.478 bits per heavy atom. The van der Waals surface area contributed by atoms with Gasteiger partial charge in [-0.25, -0.2) is 19.9 Å². The topological polar surface area (TPSA) is 168 Å². The lowest BCUT2D eigenvalue weighted by atomic mass is 10.0. The highest BCUT2D eigenvalue weighted by molar-refractivity contribution is 7.10. The molecule has 4 atom stereocenters. The number of hydrogen-bond acceptors (Lipinski definition) is 12. The molecule has 8 bridgehead atoms. The van der Waals surface area contributed by atoms with Crippen molar-refractivity contribution >= 4 is 69.0 Å². The second-order valence-electron chi connectivity index (χ2n) is 12.1. The summed E-state index contributed by atoms with van der Waals surface area (Å²) in [6.07, 6.45) is 0. The molecular formula is C30H36N8O4S4. The smallest absolute Gasteiger partial charge is 0.271 e. The number of thiazole rings is 4. The van der Waals surface area contributed by atoms with Gasteiger partial charge in [0.15, 0.2) is 0 Å². The maximum Gasteiger partial charge on any atom is 0.271 e. The van der Waals surface area contributed by atoms with Crippen LogP contribution in [0.2, 0.25) is 0 Å². The van der Waals surface area contributed by atoms with E-state index in [0.29, 0.717) is 20.0 Å². The van der Waals surface area contributed by atoms with E-state index >= 15 is 0 Å². The van der Waals surface area contributed by atoms with E-state index in [1.54, 1.807) is 28.4 Å². The van der Waals surface area contributed by atoms with Crippen molar-refractivity contribution < 1.29 is 19.2 Å². The van der Waals surface area contributed by atoms with Gasteiger partial charge in [0.05, 0.1) is 24.2 Å². The molecule has 0 saturated carbocycles. The summed E-state index contributed by atoms with van der Waals surface area (Å²) >= 11 is 5.15. The van der Waals surface area contributed by atoms with Gasteiger partial charge >= 0.3 is 0 Å². The molecule has 0 aliphatic carbocycles. The van der Waals surface area contributed by atoms with Crippen molar-refractivity contribution in [2.45, 2.75) is 72.6 Å². The highest BCUT2D eigenvalue weighted by Crippen LogP contribution is 2.30. The van der Waals surface area contributed by atoms with Crippen molar-refractivity contribution in [3.63, 3.8) is 0 Å². The van der Waals surface area contributed by atoms with Crippen LogP contribution >= 0.6 is 45.3 Å². The van der Waals surface area contributed by atoms with E-state index in [2.05, 4.69) is 41.2 Å². The molecule has 4 aromatic rings. The van der Waals surface area contributed by atoms with E-state index in [-0.39, 0.29) is 64.2 Å². The fraction of sp³-hybridized carbons (Fsp3) is 0.467. The van der Waals surface area contributed by atoms with Crippen LogP contribution in [-0.4, -0.2) is 43.6 Å². The van der Waals surface area contributed by atoms with E-state index < -0.39 is 24.2 Å². The second kappa shape index (κ2) is 14.0. The van der Waals surface area contributed by atoms with Gasteiger partial charge in [0.2, 0.25) is 0 Å². The second-order valence-corrected chi connectivity index (χ2v) is 15.6. The Bertz CT molecular complexity index is 1730. The lowest BCUT2D eigenvalue weighted by molar-refractivity contribution is 0.0913. The van der Waals surface area contributed by atoms with Gasteiger partial charge in [-0.3, -0.25) is 19.2 Å². The van der Waals surface area contributed by atoms with Crippen molar-refractivity contribution in [3.05, 3.63) is 64.3 Å². The van der Waals surface area contributed by atoms with E-state index in [4.69, 9.17) is 0 Å². The predicted molar refractivity (Wildman–Crippen MR) is 179 cm³/mol. The molecule has 4 aromatic heterocycles. The largest absolute Gasteiger partial charge is 0.342 e. The van der Waals surface area contributed by atoms with E-state index in [9.17, 15) is 19.2 Å². The summed E-state index contributed by atoms with van der Waals surface area (Å²) in [5.41, 5.74) is 0.921. The molecule has 46 heavy (non-hydrogen) atoms. The van der Waals surface area contributed by atoms with E-state index in [0.717, 1.165) is 0 Å². The molecule has 1 aliphatic heterocycles. The molecule has 1 aliphatic rings. The SMILES string of the molecule is CC(C)[C@@H]1NC(=O)c2csc(n2)[C@H](C(C)C)NC(=O)c2csc(n2)[C@H](C(C)C)NC(=O)c2csc(n2)[C@H](C)NC(=O)c2csc1n2. The van der Waals surface area contributed by atoms with Crippen LogP contribution in [0.1, 0.15) is 135 Å². The number of nitrogens with one attached hydrogen (secondary N) is 4. The Labute approximate surface area is 282 Å². The van der Waals surface area contributed by atoms with E-state index in [1.165, 1.54) is 45.3 Å². The van der Waals surface area contributed by atoms with Gasteiger partial charge in [0.1, 0.15) is 42.8 Å². The Morgan fingerprint density at radius 2 is 0.739 bits per heavy atom. The summed E-state index contributed by atoms with van der Waals surface area (Å²) in [5, 5.41) is 21.0. The zero-order valence-corrected chi connectivity index (χ0v) is 29.7. The maximum absolute atomic E-state index is 13.4. The van der Waals surface area contributed by atoms with Gasteiger partial charge in [0.25, 0.3) is 23.6 Å². The first-order chi connectivity index (χ1) is 21.8. The number of hydrogen-bond donors (Lipinski definition) is 4. The van der Waals surface area contributed by atoms with Crippen LogP contribution in [0, 0.1) is 17.8 Å². The third-order valence-corrected chi connectivity index (χ3v) is 11.2. The lowest BCUT2D eigenvalue weighted by Crippen LogP contribution is -2.34. The number of carbonyl (C=O) groups is 4. The summed E-state index contributed by atoms with van der Waals surface area (Å²) in [6, 6.07) is -1.86. The molecule has 0 spiro atoms. The quantitative estimate of drug-likeness (QED) is 0.211. The van der Waals surface area contributed by atoms with Gasteiger partial charge in [-0.1, -0.05) is 41.5 Å². The molecule has 0 radical (unpaired) electrons. The maximum atomic E-state index is 13.4. The Morgan fingerprint density at radius 3 is 1.04 bits per heavy atom. The van der Waals surface area contributed by atoms with Crippen LogP contribution in [0.5, 0.6) is 0 Å². The predicted octanol–water partition coefficient (Wildman–Crippen LogP) is 5.70. The monoisotopic (exact) mass is 700 g/mol. The van der Waals surface area contributed by atoms with Gasteiger partial charge in [-0.2, -0.15) is 0 Å². The van der Waals surface area contributed by atoms with Gasteiger partial charge in [-0.05, 0) is 24.7 Å². The van der Waals surface area contributed by atoms with E-state index in [1.807, 2.05) is 41.5 Å². The van der Waals surface area contributed by atoms with Gasteiger partial charge in [0, 0.05) is 21.5 Å². The minimum atomic E-state index is -0.482. The third kappa shape index (κ3) is 7.35. The Balaban J connectivity index is 1.51. The minimum absolute atomic E-state index is 0.0255. The molecule has 0 fully saturated rings. The lowest BCUT2D eigenvalue weighted by Gasteiger charge is -2.21. The van der Waals surface area contributed by atoms with Crippen molar-refractivity contribution in [1.29, 1.82) is 0 Å². The molecule has 5 rings (SSSR count). The normalized spacial score (nSPS) is 21.5. The fourth-order valence-corrected chi connectivity index (χ4v) is 8.58. The zero-order chi connectivity index (χ0) is 33.3. The molecular weight excluding hydrogens is 665 g/mol. The first-order valence-corrected chi connectivity index (χ1v) is 18.4. The summed E-state index contributed by atoms with van der Waals surface area (Å²) in [5.74, 6) is -1.58. The number of rotatable bonds is 3. The summed E-state index contributed by atoms with van der Waals surface area (Å²) in [6.45, 7) is 13.6. The molecule has 16 heteroatoms. The van der Waals surface area contributed by atoms with Crippen molar-refractivity contribution in [2.75, 3.05) is 0 Å². The molecule has 0 saturated heterocycles.